The quantitative estimate of drug-likeness (QED) is 0.362. The van der Waals surface area contributed by atoms with Crippen molar-refractivity contribution in [3.05, 3.63) is 54.9 Å². The Morgan fingerprint density at radius 3 is 2.44 bits per heavy atom. The lowest BCUT2D eigenvalue weighted by Gasteiger charge is -2.21. The summed E-state index contributed by atoms with van der Waals surface area (Å²) in [4.78, 5) is 19.6. The molecule has 3 heterocycles. The molecule has 0 aliphatic rings. The van der Waals surface area contributed by atoms with Crippen LogP contribution in [-0.4, -0.2) is 70.7 Å². The SMILES string of the molecule is COc1nnc(-c2ccncc2)cc1-c1cc2ccc(OCCN(C)C)cc2n1C(=O)OC(C)(C)C. The predicted molar refractivity (Wildman–Crippen MR) is 138 cm³/mol. The van der Waals surface area contributed by atoms with Gasteiger partial charge >= 0.3 is 6.09 Å². The summed E-state index contributed by atoms with van der Waals surface area (Å²) in [5.41, 5.74) is 2.63. The van der Waals surface area contributed by atoms with Crippen molar-refractivity contribution in [1.82, 2.24) is 24.6 Å². The Bertz CT molecular complexity index is 1360. The van der Waals surface area contributed by atoms with E-state index in [1.807, 2.05) is 82.2 Å². The number of nitrogens with zero attached hydrogens (tertiary/aromatic N) is 5. The smallest absolute Gasteiger partial charge is 0.419 e. The zero-order valence-electron chi connectivity index (χ0n) is 21.5. The van der Waals surface area contributed by atoms with Crippen molar-refractivity contribution in [2.45, 2.75) is 26.4 Å². The summed E-state index contributed by atoms with van der Waals surface area (Å²) in [6.45, 7) is 6.80. The number of ether oxygens (including phenoxy) is 3. The molecule has 0 spiro atoms. The van der Waals surface area contributed by atoms with E-state index in [4.69, 9.17) is 14.2 Å². The van der Waals surface area contributed by atoms with Gasteiger partial charge in [-0.25, -0.2) is 9.36 Å². The van der Waals surface area contributed by atoms with Crippen molar-refractivity contribution in [1.29, 1.82) is 0 Å². The Balaban J connectivity index is 1.88. The van der Waals surface area contributed by atoms with E-state index in [9.17, 15) is 4.79 Å². The molecule has 0 saturated heterocycles. The van der Waals surface area contributed by atoms with Crippen LogP contribution >= 0.6 is 0 Å². The highest BCUT2D eigenvalue weighted by Gasteiger charge is 2.25. The van der Waals surface area contributed by atoms with Gasteiger partial charge in [-0.05, 0) is 71.3 Å². The maximum Gasteiger partial charge on any atom is 0.419 e. The second-order valence-corrected chi connectivity index (χ2v) is 9.61. The van der Waals surface area contributed by atoms with E-state index in [-0.39, 0.29) is 0 Å². The fourth-order valence-electron chi connectivity index (χ4n) is 3.70. The first kappa shape index (κ1) is 25.1. The topological polar surface area (TPSA) is 91.6 Å². The predicted octanol–water partition coefficient (Wildman–Crippen LogP) is 4.89. The second-order valence-electron chi connectivity index (χ2n) is 9.61. The Morgan fingerprint density at radius 1 is 1.03 bits per heavy atom. The zero-order valence-corrected chi connectivity index (χ0v) is 21.5. The highest BCUT2D eigenvalue weighted by Crippen LogP contribution is 2.36. The molecule has 0 aliphatic heterocycles. The monoisotopic (exact) mass is 489 g/mol. The van der Waals surface area contributed by atoms with Crippen LogP contribution < -0.4 is 9.47 Å². The number of hydrogen-bond acceptors (Lipinski definition) is 8. The van der Waals surface area contributed by atoms with Crippen molar-refractivity contribution < 1.29 is 19.0 Å². The fraction of sp³-hybridized carbons (Fsp3) is 0.333. The molecular formula is C27H31N5O4. The van der Waals surface area contributed by atoms with E-state index in [0.29, 0.717) is 40.7 Å². The summed E-state index contributed by atoms with van der Waals surface area (Å²) in [6.07, 6.45) is 2.87. The number of pyridine rings is 1. The Labute approximate surface area is 210 Å². The normalized spacial score (nSPS) is 11.6. The molecule has 0 saturated carbocycles. The van der Waals surface area contributed by atoms with Crippen LogP contribution in [0.3, 0.4) is 0 Å². The van der Waals surface area contributed by atoms with Gasteiger partial charge in [-0.15, -0.1) is 10.2 Å². The van der Waals surface area contributed by atoms with Gasteiger partial charge in [0.15, 0.2) is 0 Å². The van der Waals surface area contributed by atoms with E-state index in [1.54, 1.807) is 12.4 Å². The molecule has 0 fully saturated rings. The van der Waals surface area contributed by atoms with Gasteiger partial charge in [-0.2, -0.15) is 0 Å². The lowest BCUT2D eigenvalue weighted by Crippen LogP contribution is -2.27. The molecule has 4 rings (SSSR count). The van der Waals surface area contributed by atoms with E-state index in [2.05, 4.69) is 15.2 Å². The number of likely N-dealkylation sites (N-methyl/N-ethyl adjacent to an activating group) is 1. The van der Waals surface area contributed by atoms with E-state index >= 15 is 0 Å². The summed E-state index contributed by atoms with van der Waals surface area (Å²) in [5.74, 6) is 0.957. The lowest BCUT2D eigenvalue weighted by atomic mass is 10.1. The number of benzene rings is 1. The summed E-state index contributed by atoms with van der Waals surface area (Å²) in [6, 6.07) is 13.1. The van der Waals surface area contributed by atoms with Gasteiger partial charge in [0.25, 0.3) is 0 Å². The fourth-order valence-corrected chi connectivity index (χ4v) is 3.70. The second kappa shape index (κ2) is 10.3. The van der Waals surface area contributed by atoms with E-state index in [0.717, 1.165) is 17.5 Å². The van der Waals surface area contributed by atoms with Crippen LogP contribution in [0.5, 0.6) is 11.6 Å². The molecule has 0 aliphatic carbocycles. The van der Waals surface area contributed by atoms with Crippen molar-refractivity contribution in [2.75, 3.05) is 34.4 Å². The minimum absolute atomic E-state index is 0.294. The van der Waals surface area contributed by atoms with Gasteiger partial charge in [-0.1, -0.05) is 0 Å². The minimum atomic E-state index is -0.687. The molecule has 0 amide bonds. The van der Waals surface area contributed by atoms with Crippen LogP contribution in [0, 0.1) is 0 Å². The highest BCUT2D eigenvalue weighted by molar-refractivity contribution is 5.97. The van der Waals surface area contributed by atoms with Crippen molar-refractivity contribution >= 4 is 17.0 Å². The third-order valence-corrected chi connectivity index (χ3v) is 5.36. The highest BCUT2D eigenvalue weighted by atomic mass is 16.6. The molecule has 9 nitrogen and oxygen atoms in total. The minimum Gasteiger partial charge on any atom is -0.492 e. The van der Waals surface area contributed by atoms with Gasteiger partial charge in [0.05, 0.1) is 29.6 Å². The maximum atomic E-state index is 13.5. The van der Waals surface area contributed by atoms with Crippen LogP contribution in [0.15, 0.2) is 54.9 Å². The number of carbonyl (C=O) groups is 1. The molecule has 36 heavy (non-hydrogen) atoms. The molecule has 9 heteroatoms. The van der Waals surface area contributed by atoms with Crippen LogP contribution in [0.25, 0.3) is 33.4 Å². The summed E-state index contributed by atoms with van der Waals surface area (Å²) < 4.78 is 18.8. The average molecular weight is 490 g/mol. The first-order valence-corrected chi connectivity index (χ1v) is 11.6. The first-order valence-electron chi connectivity index (χ1n) is 11.6. The van der Waals surface area contributed by atoms with Gasteiger partial charge in [-0.3, -0.25) is 4.98 Å². The van der Waals surface area contributed by atoms with Crippen LogP contribution in [0.1, 0.15) is 20.8 Å². The molecule has 4 aromatic rings. The number of methoxy groups -OCH3 is 1. The molecule has 0 radical (unpaired) electrons. The molecule has 0 bridgehead atoms. The number of fused-ring (bicyclic) bond motifs is 1. The molecule has 188 valence electrons. The summed E-state index contributed by atoms with van der Waals surface area (Å²) >= 11 is 0. The van der Waals surface area contributed by atoms with Gasteiger partial charge < -0.3 is 19.1 Å². The van der Waals surface area contributed by atoms with Crippen LogP contribution in [-0.2, 0) is 4.74 Å². The van der Waals surface area contributed by atoms with Crippen LogP contribution in [0.2, 0.25) is 0 Å². The number of hydrogen-bond donors (Lipinski definition) is 0. The number of aromatic nitrogens is 4. The molecule has 0 N–H and O–H groups in total. The number of rotatable bonds is 7. The molecule has 3 aromatic heterocycles. The maximum absolute atomic E-state index is 13.5. The standard InChI is InChI=1S/C27H31N5O4/c1-27(2,3)36-26(33)32-23-16-20(35-14-13-31(4)5)8-7-19(23)15-24(32)21-17-22(29-30-25(21)34-6)18-9-11-28-12-10-18/h7-12,15-17H,13-14H2,1-6H3. The molecule has 0 unspecified atom stereocenters. The van der Waals surface area contributed by atoms with Gasteiger partial charge in [0.2, 0.25) is 5.88 Å². The van der Waals surface area contributed by atoms with E-state index < -0.39 is 11.7 Å². The van der Waals surface area contributed by atoms with Crippen molar-refractivity contribution in [3.63, 3.8) is 0 Å². The van der Waals surface area contributed by atoms with Gasteiger partial charge in [0.1, 0.15) is 18.0 Å². The zero-order chi connectivity index (χ0) is 25.9. The van der Waals surface area contributed by atoms with Crippen LogP contribution in [0.4, 0.5) is 4.79 Å². The number of carbonyl (C=O) groups excluding carboxylic acids is 1. The first-order chi connectivity index (χ1) is 17.2. The Kier molecular flexibility index (Phi) is 7.21. The Morgan fingerprint density at radius 2 is 1.78 bits per heavy atom. The third-order valence-electron chi connectivity index (χ3n) is 5.36. The summed E-state index contributed by atoms with van der Waals surface area (Å²) in [7, 11) is 5.50. The molecule has 1 aromatic carbocycles. The molecule has 0 atom stereocenters. The largest absolute Gasteiger partial charge is 0.492 e. The third kappa shape index (κ3) is 5.63. The molecular weight excluding hydrogens is 458 g/mol. The average Bonchev–Trinajstić information content (AvgIpc) is 3.22. The Hall–Kier alpha value is -3.98. The van der Waals surface area contributed by atoms with Crippen molar-refractivity contribution in [2.24, 2.45) is 0 Å². The van der Waals surface area contributed by atoms with E-state index in [1.165, 1.54) is 11.7 Å². The van der Waals surface area contributed by atoms with Crippen molar-refractivity contribution in [3.8, 4) is 34.1 Å². The summed E-state index contributed by atoms with van der Waals surface area (Å²) in [5, 5.41) is 9.43. The van der Waals surface area contributed by atoms with Gasteiger partial charge in [0, 0.05) is 36.0 Å². The lowest BCUT2D eigenvalue weighted by molar-refractivity contribution is 0.0547.